The van der Waals surface area contributed by atoms with Crippen LogP contribution < -0.4 is 9.47 Å². The molecule has 3 aliphatic rings. The molecule has 0 aliphatic carbocycles. The Morgan fingerprint density at radius 3 is 1.84 bits per heavy atom. The quantitative estimate of drug-likeness (QED) is 0.0686. The number of aromatic hydroxyl groups is 10. The number of aliphatic hydroxyl groups excluding tert-OH is 1. The van der Waals surface area contributed by atoms with Crippen LogP contribution in [0.1, 0.15) is 59.5 Å². The molecule has 5 aromatic carbocycles. The van der Waals surface area contributed by atoms with Gasteiger partial charge in [-0.1, -0.05) is 30.3 Å². The van der Waals surface area contributed by atoms with Gasteiger partial charge in [0.1, 0.15) is 41.6 Å². The average Bonchev–Trinajstić information content (AvgIpc) is 3.26. The van der Waals surface area contributed by atoms with E-state index in [1.54, 1.807) is 30.3 Å². The number of ketones is 1. The third-order valence-corrected chi connectivity index (χ3v) is 10.4. The van der Waals surface area contributed by atoms with E-state index in [9.17, 15) is 75.3 Å². The molecule has 0 amide bonds. The number of benzene rings is 5. The Bertz CT molecular complexity index is 2710. The first-order valence-electron chi connectivity index (χ1n) is 18.5. The molecule has 21 heteroatoms. The Kier molecular flexibility index (Phi) is 10.3. The Morgan fingerprint density at radius 2 is 1.22 bits per heavy atom. The van der Waals surface area contributed by atoms with Gasteiger partial charge in [0.2, 0.25) is 17.8 Å². The second kappa shape index (κ2) is 15.6. The molecule has 0 bridgehead atoms. The molecule has 8 rings (SSSR count). The monoisotopic (exact) mass is 872 g/mol. The summed E-state index contributed by atoms with van der Waals surface area (Å²) in [5.41, 5.74) is -3.87. The number of rotatable bonds is 5. The van der Waals surface area contributed by atoms with Crippen LogP contribution in [-0.4, -0.2) is 117 Å². The zero-order valence-corrected chi connectivity index (χ0v) is 31.7. The van der Waals surface area contributed by atoms with Gasteiger partial charge >= 0.3 is 17.9 Å². The van der Waals surface area contributed by atoms with E-state index in [-0.39, 0.29) is 23.5 Å². The number of ether oxygens (including phenoxy) is 6. The summed E-state index contributed by atoms with van der Waals surface area (Å²) >= 11 is 0. The summed E-state index contributed by atoms with van der Waals surface area (Å²) in [7, 11) is 0. The predicted molar refractivity (Wildman–Crippen MR) is 204 cm³/mol. The van der Waals surface area contributed by atoms with Crippen molar-refractivity contribution in [3.63, 3.8) is 0 Å². The molecule has 0 radical (unpaired) electrons. The lowest BCUT2D eigenvalue weighted by Crippen LogP contribution is -2.62. The van der Waals surface area contributed by atoms with Crippen LogP contribution in [-0.2, 0) is 18.9 Å². The van der Waals surface area contributed by atoms with Crippen molar-refractivity contribution >= 4 is 23.7 Å². The minimum Gasteiger partial charge on any atom is -0.507 e. The highest BCUT2D eigenvalue weighted by atomic mass is 16.7. The second-order valence-corrected chi connectivity index (χ2v) is 14.3. The number of phenolic OH excluding ortho intramolecular Hbond substituents is 10. The third-order valence-electron chi connectivity index (χ3n) is 10.4. The summed E-state index contributed by atoms with van der Waals surface area (Å²) in [6.45, 7) is -1.02. The topological polar surface area (TPSA) is 346 Å². The fourth-order valence-electron chi connectivity index (χ4n) is 7.33. The van der Waals surface area contributed by atoms with Crippen molar-refractivity contribution in [1.29, 1.82) is 0 Å². The molecule has 5 aromatic rings. The van der Waals surface area contributed by atoms with Crippen molar-refractivity contribution in [1.82, 2.24) is 0 Å². The summed E-state index contributed by atoms with van der Waals surface area (Å²) in [6, 6.07) is 13.2. The second-order valence-electron chi connectivity index (χ2n) is 14.3. The standard InChI is InChI=1S/C42H32O21/c43-19-8-16(9-26-30(19)20(44)12-25(60-26)14-4-2-1-3-5-14)59-42-36(54)38(63-39(55)15-6-21(45)31(49)22(46)7-15)37-27(61-42)13-58-40(56)17-10-23(47)32(50)34(52)28(17)29-18(41(57)62-37)11-24(48)33(51)35(29)53/h1-11,25,27,36-38,42-43,45-54H,12-13H2. The SMILES string of the molecule is O=C(OC1C(O)C(Oc2cc(O)c3c(c2)OC(c2ccccc2)CC3=O)OC2COC(=O)c3cc(O)c(O)c(O)c3-c3c(cc(O)c(O)c3O)C(=O)OC21)c1cc(O)c(O)c(O)c1. The summed E-state index contributed by atoms with van der Waals surface area (Å²) < 4.78 is 34.6. The van der Waals surface area contributed by atoms with Crippen LogP contribution in [0.3, 0.4) is 0 Å². The molecular formula is C42H32O21. The van der Waals surface area contributed by atoms with Gasteiger partial charge in [-0.3, -0.25) is 4.79 Å². The predicted octanol–water partition coefficient (Wildman–Crippen LogP) is 3.20. The largest absolute Gasteiger partial charge is 0.507 e. The van der Waals surface area contributed by atoms with Crippen LogP contribution in [0.15, 0.2) is 66.7 Å². The van der Waals surface area contributed by atoms with Crippen molar-refractivity contribution in [2.45, 2.75) is 43.2 Å². The lowest BCUT2D eigenvalue weighted by Gasteiger charge is -2.43. The van der Waals surface area contributed by atoms with Crippen molar-refractivity contribution < 1.29 is 104 Å². The highest BCUT2D eigenvalue weighted by Gasteiger charge is 2.52. The normalized spacial score (nSPS) is 21.8. The van der Waals surface area contributed by atoms with E-state index in [4.69, 9.17) is 28.4 Å². The van der Waals surface area contributed by atoms with E-state index in [1.807, 2.05) is 0 Å². The first kappa shape index (κ1) is 41.4. The number of hydrogen-bond donors (Lipinski definition) is 11. The number of fused-ring (bicyclic) bond motifs is 5. The number of aliphatic hydroxyl groups is 1. The van der Waals surface area contributed by atoms with E-state index in [1.165, 1.54) is 6.07 Å². The molecule has 6 atom stereocenters. The van der Waals surface area contributed by atoms with E-state index in [2.05, 4.69) is 0 Å². The van der Waals surface area contributed by atoms with E-state index < -0.39 is 152 Å². The summed E-state index contributed by atoms with van der Waals surface area (Å²) in [5, 5.41) is 117. The highest BCUT2D eigenvalue weighted by Crippen LogP contribution is 2.53. The van der Waals surface area contributed by atoms with E-state index >= 15 is 0 Å². The van der Waals surface area contributed by atoms with E-state index in [0.717, 1.165) is 6.07 Å². The maximum Gasteiger partial charge on any atom is 0.339 e. The van der Waals surface area contributed by atoms with Crippen LogP contribution in [0, 0.1) is 0 Å². The smallest absolute Gasteiger partial charge is 0.339 e. The van der Waals surface area contributed by atoms with Gasteiger partial charge in [-0.15, -0.1) is 0 Å². The zero-order chi connectivity index (χ0) is 45.2. The lowest BCUT2D eigenvalue weighted by atomic mass is 9.92. The minimum absolute atomic E-state index is 0.130. The number of phenols is 10. The number of cyclic esters (lactones) is 1. The lowest BCUT2D eigenvalue weighted by molar-refractivity contribution is -0.276. The van der Waals surface area contributed by atoms with Crippen molar-refractivity contribution in [2.24, 2.45) is 0 Å². The molecule has 1 fully saturated rings. The molecule has 0 saturated carbocycles. The first-order valence-corrected chi connectivity index (χ1v) is 18.5. The Labute approximate surface area is 351 Å². The van der Waals surface area contributed by atoms with Gasteiger partial charge in [-0.05, 0) is 29.8 Å². The van der Waals surface area contributed by atoms with Crippen LogP contribution in [0.2, 0.25) is 0 Å². The maximum absolute atomic E-state index is 14.2. The minimum atomic E-state index is -2.25. The molecule has 3 heterocycles. The number of carbonyl (C=O) groups is 4. The molecule has 63 heavy (non-hydrogen) atoms. The van der Waals surface area contributed by atoms with Crippen molar-refractivity contribution in [2.75, 3.05) is 6.61 Å². The molecular weight excluding hydrogens is 840 g/mol. The van der Waals surface area contributed by atoms with Gasteiger partial charge < -0.3 is 84.6 Å². The number of Topliss-reactive ketones (excluding diaryl/α,β-unsaturated/α-hetero) is 1. The van der Waals surface area contributed by atoms with Crippen LogP contribution in [0.25, 0.3) is 11.1 Å². The Balaban J connectivity index is 1.22. The third kappa shape index (κ3) is 7.25. The fraction of sp³-hybridized carbons (Fsp3) is 0.190. The molecule has 0 spiro atoms. The van der Waals surface area contributed by atoms with Gasteiger partial charge in [0.15, 0.2) is 64.3 Å². The molecule has 326 valence electrons. The molecule has 6 unspecified atom stereocenters. The van der Waals surface area contributed by atoms with Crippen molar-refractivity contribution in [3.8, 4) is 80.1 Å². The van der Waals surface area contributed by atoms with Crippen molar-refractivity contribution in [3.05, 3.63) is 94.5 Å². The Morgan fingerprint density at radius 1 is 0.635 bits per heavy atom. The summed E-state index contributed by atoms with van der Waals surface area (Å²) in [4.78, 5) is 54.8. The molecule has 1 saturated heterocycles. The van der Waals surface area contributed by atoms with Gasteiger partial charge in [-0.2, -0.15) is 0 Å². The van der Waals surface area contributed by atoms with Gasteiger partial charge in [0.25, 0.3) is 0 Å². The molecule has 0 aromatic heterocycles. The highest BCUT2D eigenvalue weighted by molar-refractivity contribution is 6.08. The molecule has 11 N–H and O–H groups in total. The first-order chi connectivity index (χ1) is 29.9. The van der Waals surface area contributed by atoms with Gasteiger partial charge in [-0.25, -0.2) is 14.4 Å². The van der Waals surface area contributed by atoms with E-state index in [0.29, 0.717) is 29.8 Å². The number of carbonyl (C=O) groups excluding carboxylic acids is 4. The number of hydrogen-bond acceptors (Lipinski definition) is 21. The summed E-state index contributed by atoms with van der Waals surface area (Å²) in [6.07, 6.45) is -11.3. The van der Waals surface area contributed by atoms with Gasteiger partial charge in [0.05, 0.1) is 23.1 Å². The van der Waals surface area contributed by atoms with Crippen LogP contribution in [0.5, 0.6) is 69.0 Å². The molecule has 21 nitrogen and oxygen atoms in total. The molecule has 3 aliphatic heterocycles. The van der Waals surface area contributed by atoms with Gasteiger partial charge in [0, 0.05) is 23.3 Å². The average molecular weight is 873 g/mol. The van der Waals surface area contributed by atoms with Crippen LogP contribution in [0.4, 0.5) is 0 Å². The van der Waals surface area contributed by atoms with Crippen LogP contribution >= 0.6 is 0 Å². The maximum atomic E-state index is 14.2. The Hall–Kier alpha value is -8.30. The number of esters is 3. The zero-order valence-electron chi connectivity index (χ0n) is 31.7. The fourth-order valence-corrected chi connectivity index (χ4v) is 7.33. The summed E-state index contributed by atoms with van der Waals surface area (Å²) in [5.74, 6) is -16.5.